The molecule has 0 bridgehead atoms. The van der Waals surface area contributed by atoms with Gasteiger partial charge in [0.05, 0.1) is 16.9 Å². The molecule has 23 heavy (non-hydrogen) atoms. The molecular weight excluding hydrogens is 382 g/mol. The van der Waals surface area contributed by atoms with Crippen LogP contribution in [-0.2, 0) is 0 Å². The highest BCUT2D eigenvalue weighted by molar-refractivity contribution is 9.10. The lowest BCUT2D eigenvalue weighted by molar-refractivity contribution is -0.385. The first kappa shape index (κ1) is 15.8. The molecule has 0 unspecified atom stereocenters. The summed E-state index contributed by atoms with van der Waals surface area (Å²) in [4.78, 5) is 24.5. The zero-order valence-corrected chi connectivity index (χ0v) is 14.3. The van der Waals surface area contributed by atoms with Crippen LogP contribution in [0.15, 0.2) is 50.7 Å². The Morgan fingerprint density at radius 2 is 2.04 bits per heavy atom. The molecule has 1 aliphatic rings. The number of halogens is 1. The molecule has 3 rings (SSSR count). The molecule has 0 fully saturated rings. The molecule has 0 spiro atoms. The number of ether oxygens (including phenoxy) is 1. The van der Waals surface area contributed by atoms with E-state index in [2.05, 4.69) is 15.9 Å². The average molecular weight is 392 g/mol. The summed E-state index contributed by atoms with van der Waals surface area (Å²) in [7, 11) is 1.37. The quantitative estimate of drug-likeness (QED) is 0.431. The van der Waals surface area contributed by atoms with Gasteiger partial charge in [-0.1, -0.05) is 39.8 Å². The lowest BCUT2D eigenvalue weighted by atomic mass is 10.1. The number of allylic oxidation sites excluding steroid dienone is 1. The van der Waals surface area contributed by atoms with Crippen LogP contribution in [0.2, 0.25) is 0 Å². The van der Waals surface area contributed by atoms with Gasteiger partial charge in [-0.05, 0) is 24.3 Å². The largest absolute Gasteiger partial charge is 0.490 e. The van der Waals surface area contributed by atoms with Crippen molar-refractivity contribution < 1.29 is 14.5 Å². The Morgan fingerprint density at radius 1 is 1.30 bits per heavy atom. The molecule has 0 saturated carbocycles. The van der Waals surface area contributed by atoms with Crippen molar-refractivity contribution in [1.82, 2.24) is 0 Å². The Morgan fingerprint density at radius 3 is 2.70 bits per heavy atom. The molecule has 0 atom stereocenters. The second kappa shape index (κ2) is 6.17. The van der Waals surface area contributed by atoms with Crippen LogP contribution in [0.25, 0.3) is 6.08 Å². The number of benzene rings is 2. The number of Topliss-reactive ketones (excluding diaryl/α,β-unsaturated/α-hetero) is 1. The van der Waals surface area contributed by atoms with Crippen molar-refractivity contribution in [3.8, 4) is 5.75 Å². The van der Waals surface area contributed by atoms with Crippen molar-refractivity contribution in [2.75, 3.05) is 7.11 Å². The van der Waals surface area contributed by atoms with Crippen LogP contribution in [0.1, 0.15) is 15.9 Å². The number of rotatable bonds is 3. The van der Waals surface area contributed by atoms with Crippen LogP contribution in [0.5, 0.6) is 5.75 Å². The van der Waals surface area contributed by atoms with Gasteiger partial charge < -0.3 is 4.74 Å². The maximum Gasteiger partial charge on any atom is 0.312 e. The second-order valence-electron chi connectivity index (χ2n) is 4.74. The molecular formula is C16H10BrNO4S. The van der Waals surface area contributed by atoms with Gasteiger partial charge in [-0.25, -0.2) is 0 Å². The second-order valence-corrected chi connectivity index (χ2v) is 6.74. The lowest BCUT2D eigenvalue weighted by Crippen LogP contribution is -1.98. The first-order valence-electron chi connectivity index (χ1n) is 6.56. The molecule has 1 heterocycles. The van der Waals surface area contributed by atoms with Crippen LogP contribution in [0.3, 0.4) is 0 Å². The third kappa shape index (κ3) is 2.89. The fourth-order valence-corrected chi connectivity index (χ4v) is 3.85. The molecule has 116 valence electrons. The molecule has 0 radical (unpaired) electrons. The van der Waals surface area contributed by atoms with Gasteiger partial charge in [-0.2, -0.15) is 0 Å². The van der Waals surface area contributed by atoms with E-state index in [1.807, 2.05) is 18.2 Å². The van der Waals surface area contributed by atoms with E-state index in [0.717, 1.165) is 4.90 Å². The molecule has 7 heteroatoms. The molecule has 0 aromatic heterocycles. The summed E-state index contributed by atoms with van der Waals surface area (Å²) in [6, 6.07) is 10.4. The zero-order valence-electron chi connectivity index (χ0n) is 11.9. The standard InChI is InChI=1S/C16H10BrNO4S/c1-22-16-9(6-10(17)8-12(16)18(20)21)7-14-15(19)11-4-2-3-5-13(11)23-14/h2-8H,1H3/b14-7+. The number of nitro groups is 1. The van der Waals surface area contributed by atoms with Gasteiger partial charge in [0.1, 0.15) is 0 Å². The Labute approximate surface area is 144 Å². The van der Waals surface area contributed by atoms with Crippen LogP contribution in [0, 0.1) is 10.1 Å². The van der Waals surface area contributed by atoms with E-state index in [9.17, 15) is 14.9 Å². The van der Waals surface area contributed by atoms with E-state index in [1.54, 1.807) is 18.2 Å². The maximum absolute atomic E-state index is 12.4. The fourth-order valence-electron chi connectivity index (χ4n) is 2.34. The number of carbonyl (C=O) groups is 1. The number of carbonyl (C=O) groups excluding carboxylic acids is 1. The predicted octanol–water partition coefficient (Wildman–Crippen LogP) is 4.70. The SMILES string of the molecule is COc1c(/C=C2/Sc3ccccc3C2=O)cc(Br)cc1[N+](=O)[O-]. The Bertz CT molecular complexity index is 863. The number of nitro benzene ring substituents is 1. The molecule has 0 N–H and O–H groups in total. The summed E-state index contributed by atoms with van der Waals surface area (Å²) in [6.45, 7) is 0. The highest BCUT2D eigenvalue weighted by Crippen LogP contribution is 2.43. The van der Waals surface area contributed by atoms with Gasteiger partial charge >= 0.3 is 5.69 Å². The minimum Gasteiger partial charge on any atom is -0.490 e. The van der Waals surface area contributed by atoms with Crippen molar-refractivity contribution in [2.24, 2.45) is 0 Å². The molecule has 1 aliphatic heterocycles. The van der Waals surface area contributed by atoms with Gasteiger partial charge in [0.15, 0.2) is 0 Å². The highest BCUT2D eigenvalue weighted by Gasteiger charge is 2.27. The van der Waals surface area contributed by atoms with Gasteiger partial charge in [0.2, 0.25) is 11.5 Å². The monoisotopic (exact) mass is 391 g/mol. The molecule has 2 aromatic rings. The predicted molar refractivity (Wildman–Crippen MR) is 92.0 cm³/mol. The topological polar surface area (TPSA) is 69.4 Å². The van der Waals surface area contributed by atoms with E-state index in [1.165, 1.54) is 24.9 Å². The normalized spacial score (nSPS) is 14.9. The van der Waals surface area contributed by atoms with Crippen molar-refractivity contribution in [3.05, 3.63) is 67.0 Å². The minimum atomic E-state index is -0.510. The van der Waals surface area contributed by atoms with Crippen molar-refractivity contribution >= 4 is 45.2 Å². The zero-order chi connectivity index (χ0) is 16.6. The van der Waals surface area contributed by atoms with Gasteiger partial charge in [0, 0.05) is 26.6 Å². The van der Waals surface area contributed by atoms with Crippen LogP contribution < -0.4 is 4.74 Å². The van der Waals surface area contributed by atoms with Gasteiger partial charge in [-0.3, -0.25) is 14.9 Å². The molecule has 5 nitrogen and oxygen atoms in total. The Hall–Kier alpha value is -2.12. The highest BCUT2D eigenvalue weighted by atomic mass is 79.9. The molecule has 0 amide bonds. The van der Waals surface area contributed by atoms with Crippen molar-refractivity contribution in [2.45, 2.75) is 4.90 Å². The van der Waals surface area contributed by atoms with Crippen LogP contribution in [-0.4, -0.2) is 17.8 Å². The van der Waals surface area contributed by atoms with E-state index in [0.29, 0.717) is 20.5 Å². The third-order valence-electron chi connectivity index (χ3n) is 3.33. The molecule has 0 aliphatic carbocycles. The van der Waals surface area contributed by atoms with Gasteiger partial charge in [-0.15, -0.1) is 0 Å². The lowest BCUT2D eigenvalue weighted by Gasteiger charge is -2.07. The number of fused-ring (bicyclic) bond motifs is 1. The summed E-state index contributed by atoms with van der Waals surface area (Å²) in [5.74, 6) is 0.0466. The minimum absolute atomic E-state index is 0.0877. The maximum atomic E-state index is 12.4. The first-order chi connectivity index (χ1) is 11.0. The number of hydrogen-bond acceptors (Lipinski definition) is 5. The summed E-state index contributed by atoms with van der Waals surface area (Å²) in [5.41, 5.74) is 0.978. The number of hydrogen-bond donors (Lipinski definition) is 0. The molecule has 0 saturated heterocycles. The van der Waals surface area contributed by atoms with E-state index < -0.39 is 4.92 Å². The third-order valence-corrected chi connectivity index (χ3v) is 4.88. The average Bonchev–Trinajstić information content (AvgIpc) is 2.83. The number of ketones is 1. The van der Waals surface area contributed by atoms with E-state index >= 15 is 0 Å². The van der Waals surface area contributed by atoms with E-state index in [-0.39, 0.29) is 17.2 Å². The van der Waals surface area contributed by atoms with Crippen molar-refractivity contribution in [3.63, 3.8) is 0 Å². The summed E-state index contributed by atoms with van der Waals surface area (Å²) < 4.78 is 5.73. The number of nitrogens with zero attached hydrogens (tertiary/aromatic N) is 1. The summed E-state index contributed by atoms with van der Waals surface area (Å²) in [6.07, 6.45) is 1.63. The van der Waals surface area contributed by atoms with Crippen LogP contribution in [0.4, 0.5) is 5.69 Å². The summed E-state index contributed by atoms with van der Waals surface area (Å²) >= 11 is 4.61. The van der Waals surface area contributed by atoms with Gasteiger partial charge in [0.25, 0.3) is 0 Å². The summed E-state index contributed by atoms with van der Waals surface area (Å²) in [5, 5.41) is 11.2. The smallest absolute Gasteiger partial charge is 0.312 e. The number of methoxy groups -OCH3 is 1. The Kier molecular flexibility index (Phi) is 4.23. The number of thioether (sulfide) groups is 1. The van der Waals surface area contributed by atoms with E-state index in [4.69, 9.17) is 4.74 Å². The van der Waals surface area contributed by atoms with Crippen molar-refractivity contribution in [1.29, 1.82) is 0 Å². The fraction of sp³-hybridized carbons (Fsp3) is 0.0625. The first-order valence-corrected chi connectivity index (χ1v) is 8.17. The van der Waals surface area contributed by atoms with Crippen LogP contribution >= 0.6 is 27.7 Å². The molecule has 2 aromatic carbocycles. The Balaban J connectivity index is 2.11.